The number of hydrogen-bond acceptors (Lipinski definition) is 5. The zero-order valence-corrected chi connectivity index (χ0v) is 19.4. The highest BCUT2D eigenvalue weighted by molar-refractivity contribution is 5.94. The highest BCUT2D eigenvalue weighted by Crippen LogP contribution is 2.35. The Labute approximate surface area is 194 Å². The number of aromatic nitrogens is 4. The van der Waals surface area contributed by atoms with Crippen LogP contribution in [-0.4, -0.2) is 32.8 Å². The molecule has 33 heavy (non-hydrogen) atoms. The SMILES string of the molecule is CCc1ccc2c(N3CCC(CC)C3)cc(-c3ccc(-n4cc5c(n4)CNC5)nc3)nc2c1. The minimum Gasteiger partial charge on any atom is -0.371 e. The Morgan fingerprint density at radius 2 is 2.03 bits per heavy atom. The lowest BCUT2D eigenvalue weighted by molar-refractivity contribution is 0.569. The van der Waals surface area contributed by atoms with Gasteiger partial charge in [-0.05, 0) is 48.6 Å². The van der Waals surface area contributed by atoms with Gasteiger partial charge in [0.1, 0.15) is 0 Å². The van der Waals surface area contributed by atoms with E-state index >= 15 is 0 Å². The van der Waals surface area contributed by atoms with Gasteiger partial charge in [-0.15, -0.1) is 0 Å². The van der Waals surface area contributed by atoms with Gasteiger partial charge < -0.3 is 10.2 Å². The predicted molar refractivity (Wildman–Crippen MR) is 133 cm³/mol. The Hall–Kier alpha value is -3.25. The van der Waals surface area contributed by atoms with Crippen LogP contribution in [0.5, 0.6) is 0 Å². The van der Waals surface area contributed by atoms with Crippen LogP contribution >= 0.6 is 0 Å². The summed E-state index contributed by atoms with van der Waals surface area (Å²) >= 11 is 0. The topological polar surface area (TPSA) is 58.9 Å². The molecule has 1 atom stereocenters. The first kappa shape index (κ1) is 20.4. The lowest BCUT2D eigenvalue weighted by Crippen LogP contribution is -2.20. The fraction of sp³-hybridized carbons (Fsp3) is 0.370. The van der Waals surface area contributed by atoms with E-state index in [2.05, 4.69) is 65.7 Å². The first-order valence-electron chi connectivity index (χ1n) is 12.2. The Kier molecular flexibility index (Phi) is 5.10. The second-order valence-corrected chi connectivity index (χ2v) is 9.29. The monoisotopic (exact) mass is 438 g/mol. The molecule has 0 radical (unpaired) electrons. The highest BCUT2D eigenvalue weighted by atomic mass is 15.3. The third kappa shape index (κ3) is 3.68. The van der Waals surface area contributed by atoms with Crippen molar-refractivity contribution in [3.63, 3.8) is 0 Å². The van der Waals surface area contributed by atoms with Crippen molar-refractivity contribution in [1.82, 2.24) is 25.1 Å². The molecule has 1 fully saturated rings. The van der Waals surface area contributed by atoms with E-state index < -0.39 is 0 Å². The van der Waals surface area contributed by atoms with Crippen molar-refractivity contribution in [1.29, 1.82) is 0 Å². The van der Waals surface area contributed by atoms with Crippen LogP contribution in [0, 0.1) is 5.92 Å². The molecule has 1 N–H and O–H groups in total. The van der Waals surface area contributed by atoms with Crippen LogP contribution < -0.4 is 10.2 Å². The smallest absolute Gasteiger partial charge is 0.153 e. The third-order valence-corrected chi connectivity index (χ3v) is 7.23. The van der Waals surface area contributed by atoms with E-state index in [1.54, 1.807) is 0 Å². The quantitative estimate of drug-likeness (QED) is 0.481. The maximum atomic E-state index is 5.07. The van der Waals surface area contributed by atoms with Crippen LogP contribution in [0.3, 0.4) is 0 Å². The fourth-order valence-electron chi connectivity index (χ4n) is 5.12. The summed E-state index contributed by atoms with van der Waals surface area (Å²) in [6.45, 7) is 8.45. The molecule has 0 spiro atoms. The van der Waals surface area contributed by atoms with Crippen molar-refractivity contribution in [2.75, 3.05) is 18.0 Å². The Morgan fingerprint density at radius 1 is 1.09 bits per heavy atom. The average Bonchev–Trinajstić information content (AvgIpc) is 3.59. The largest absolute Gasteiger partial charge is 0.371 e. The number of pyridine rings is 2. The van der Waals surface area contributed by atoms with E-state index in [1.165, 1.54) is 35.0 Å². The summed E-state index contributed by atoms with van der Waals surface area (Å²) in [5.74, 6) is 1.62. The van der Waals surface area contributed by atoms with Crippen molar-refractivity contribution in [2.45, 2.75) is 46.2 Å². The summed E-state index contributed by atoms with van der Waals surface area (Å²) in [5, 5.41) is 9.25. The van der Waals surface area contributed by atoms with Crippen LogP contribution in [0.2, 0.25) is 0 Å². The maximum Gasteiger partial charge on any atom is 0.153 e. The zero-order chi connectivity index (χ0) is 22.4. The Balaban J connectivity index is 1.39. The standard InChI is InChI=1S/C27H30N6/c1-3-18-5-7-22-24(11-18)30-23(12-26(22)32-10-9-19(4-2)16-32)20-6-8-27(29-14-20)33-17-21-13-28-15-25(21)31-33/h5-8,11-12,14,17,19,28H,3-4,9-10,13,15-16H2,1-2H3. The number of anilines is 1. The van der Waals surface area contributed by atoms with E-state index in [0.717, 1.165) is 66.8 Å². The number of benzene rings is 1. The van der Waals surface area contributed by atoms with Gasteiger partial charge in [0.25, 0.3) is 0 Å². The van der Waals surface area contributed by atoms with Gasteiger partial charge in [0.05, 0.1) is 16.9 Å². The molecule has 5 heterocycles. The number of aryl methyl sites for hydroxylation is 1. The van der Waals surface area contributed by atoms with E-state index in [9.17, 15) is 0 Å². The summed E-state index contributed by atoms with van der Waals surface area (Å²) in [4.78, 5) is 12.4. The molecule has 6 rings (SSSR count). The molecule has 0 saturated carbocycles. The number of hydrogen-bond donors (Lipinski definition) is 1. The van der Waals surface area contributed by atoms with Gasteiger partial charge in [0.2, 0.25) is 0 Å². The lowest BCUT2D eigenvalue weighted by atomic mass is 10.0. The van der Waals surface area contributed by atoms with Crippen LogP contribution in [-0.2, 0) is 19.5 Å². The maximum absolute atomic E-state index is 5.07. The number of rotatable bonds is 5. The normalized spacial score (nSPS) is 17.8. The van der Waals surface area contributed by atoms with Crippen LogP contribution in [0.1, 0.15) is 43.5 Å². The number of nitrogens with one attached hydrogen (secondary N) is 1. The van der Waals surface area contributed by atoms with Gasteiger partial charge in [-0.2, -0.15) is 5.10 Å². The van der Waals surface area contributed by atoms with Crippen molar-refractivity contribution in [2.24, 2.45) is 5.92 Å². The van der Waals surface area contributed by atoms with Gasteiger partial charge >= 0.3 is 0 Å². The molecule has 4 aromatic rings. The van der Waals surface area contributed by atoms with E-state index in [-0.39, 0.29) is 0 Å². The Morgan fingerprint density at radius 3 is 2.79 bits per heavy atom. The van der Waals surface area contributed by atoms with Crippen molar-refractivity contribution >= 4 is 16.6 Å². The minimum atomic E-state index is 0.776. The fourth-order valence-corrected chi connectivity index (χ4v) is 5.12. The van der Waals surface area contributed by atoms with E-state index in [1.807, 2.05) is 16.9 Å². The van der Waals surface area contributed by atoms with Crippen LogP contribution in [0.15, 0.2) is 48.8 Å². The molecule has 0 aliphatic carbocycles. The van der Waals surface area contributed by atoms with Gasteiger partial charge in [-0.1, -0.05) is 32.4 Å². The number of nitrogens with zero attached hydrogens (tertiary/aromatic N) is 5. The second-order valence-electron chi connectivity index (χ2n) is 9.29. The zero-order valence-electron chi connectivity index (χ0n) is 19.4. The molecular formula is C27H30N6. The van der Waals surface area contributed by atoms with Gasteiger partial charge in [0, 0.05) is 60.8 Å². The molecular weight excluding hydrogens is 408 g/mol. The first-order valence-corrected chi connectivity index (χ1v) is 12.2. The molecule has 3 aromatic heterocycles. The summed E-state index contributed by atoms with van der Waals surface area (Å²) < 4.78 is 1.89. The molecule has 1 saturated heterocycles. The van der Waals surface area contributed by atoms with Gasteiger partial charge in [-0.25, -0.2) is 14.6 Å². The highest BCUT2D eigenvalue weighted by Gasteiger charge is 2.23. The van der Waals surface area contributed by atoms with Crippen molar-refractivity contribution < 1.29 is 0 Å². The molecule has 0 amide bonds. The van der Waals surface area contributed by atoms with E-state index in [0.29, 0.717) is 0 Å². The van der Waals surface area contributed by atoms with Crippen LogP contribution in [0.25, 0.3) is 28.0 Å². The summed E-state index contributed by atoms with van der Waals surface area (Å²) in [5.41, 5.74) is 8.08. The summed E-state index contributed by atoms with van der Waals surface area (Å²) in [6, 6.07) is 13.2. The molecule has 1 aromatic carbocycles. The molecule has 2 aliphatic heterocycles. The molecule has 2 aliphatic rings. The first-order chi connectivity index (χ1) is 16.2. The Bertz CT molecular complexity index is 1280. The summed E-state index contributed by atoms with van der Waals surface area (Å²) in [6.07, 6.45) is 7.53. The second kappa shape index (κ2) is 8.27. The average molecular weight is 439 g/mol. The van der Waals surface area contributed by atoms with Gasteiger partial charge in [0.15, 0.2) is 5.82 Å². The number of fused-ring (bicyclic) bond motifs is 2. The van der Waals surface area contributed by atoms with Crippen molar-refractivity contribution in [3.8, 4) is 17.1 Å². The molecule has 6 nitrogen and oxygen atoms in total. The molecule has 1 unspecified atom stereocenters. The summed E-state index contributed by atoms with van der Waals surface area (Å²) in [7, 11) is 0. The lowest BCUT2D eigenvalue weighted by Gasteiger charge is -2.22. The molecule has 6 heteroatoms. The van der Waals surface area contributed by atoms with Gasteiger partial charge in [-0.3, -0.25) is 0 Å². The predicted octanol–water partition coefficient (Wildman–Crippen LogP) is 4.88. The molecule has 0 bridgehead atoms. The van der Waals surface area contributed by atoms with E-state index in [4.69, 9.17) is 9.97 Å². The molecule has 168 valence electrons. The van der Waals surface area contributed by atoms with Crippen molar-refractivity contribution in [3.05, 3.63) is 65.6 Å². The minimum absolute atomic E-state index is 0.776. The third-order valence-electron chi connectivity index (χ3n) is 7.23. The van der Waals surface area contributed by atoms with Crippen LogP contribution in [0.4, 0.5) is 5.69 Å².